The van der Waals surface area contributed by atoms with Gasteiger partial charge in [-0.05, 0) is 33.1 Å². The molecule has 1 aliphatic carbocycles. The van der Waals surface area contributed by atoms with E-state index in [1.165, 1.54) is 19.3 Å². The summed E-state index contributed by atoms with van der Waals surface area (Å²) >= 11 is 0. The van der Waals surface area contributed by atoms with E-state index in [9.17, 15) is 0 Å². The summed E-state index contributed by atoms with van der Waals surface area (Å²) in [5.74, 6) is 1.76. The summed E-state index contributed by atoms with van der Waals surface area (Å²) < 4.78 is 0. The molecule has 6 heteroatoms. The Labute approximate surface area is 121 Å². The molecule has 0 bridgehead atoms. The zero-order valence-corrected chi connectivity index (χ0v) is 12.8. The van der Waals surface area contributed by atoms with Gasteiger partial charge in [-0.3, -0.25) is 0 Å². The number of nitrogens with two attached hydrogens (primary N) is 1. The maximum absolute atomic E-state index is 5.88. The van der Waals surface area contributed by atoms with Gasteiger partial charge in [-0.2, -0.15) is 15.0 Å². The second kappa shape index (κ2) is 6.72. The van der Waals surface area contributed by atoms with Crippen molar-refractivity contribution in [1.29, 1.82) is 0 Å². The fraction of sp³-hybridized carbons (Fsp3) is 0.786. The van der Waals surface area contributed by atoms with Crippen molar-refractivity contribution in [2.75, 3.05) is 35.2 Å². The van der Waals surface area contributed by atoms with Crippen LogP contribution in [0.5, 0.6) is 0 Å². The number of anilines is 3. The van der Waals surface area contributed by atoms with Gasteiger partial charge < -0.3 is 15.5 Å². The molecule has 0 unspecified atom stereocenters. The Bertz CT molecular complexity index is 428. The molecule has 2 N–H and O–H groups in total. The minimum Gasteiger partial charge on any atom is -0.368 e. The van der Waals surface area contributed by atoms with Crippen molar-refractivity contribution in [1.82, 2.24) is 15.0 Å². The third-order valence-corrected chi connectivity index (χ3v) is 3.67. The van der Waals surface area contributed by atoms with E-state index < -0.39 is 0 Å². The molecule has 1 heterocycles. The monoisotopic (exact) mass is 278 g/mol. The van der Waals surface area contributed by atoms with E-state index in [1.807, 2.05) is 0 Å². The van der Waals surface area contributed by atoms with Crippen LogP contribution in [0.25, 0.3) is 0 Å². The lowest BCUT2D eigenvalue weighted by Crippen LogP contribution is -2.31. The molecule has 0 atom stereocenters. The Morgan fingerprint density at radius 3 is 2.25 bits per heavy atom. The largest absolute Gasteiger partial charge is 0.368 e. The van der Waals surface area contributed by atoms with E-state index >= 15 is 0 Å². The van der Waals surface area contributed by atoms with E-state index in [0.717, 1.165) is 32.0 Å². The molecule has 0 saturated heterocycles. The van der Waals surface area contributed by atoms with Crippen LogP contribution in [0.2, 0.25) is 0 Å². The molecule has 1 fully saturated rings. The zero-order valence-electron chi connectivity index (χ0n) is 12.8. The number of rotatable bonds is 8. The maximum Gasteiger partial charge on any atom is 0.232 e. The van der Waals surface area contributed by atoms with Crippen molar-refractivity contribution >= 4 is 17.8 Å². The molecule has 0 aliphatic heterocycles. The van der Waals surface area contributed by atoms with E-state index in [1.54, 1.807) is 0 Å². The van der Waals surface area contributed by atoms with Gasteiger partial charge in [-0.1, -0.05) is 13.3 Å². The van der Waals surface area contributed by atoms with Crippen molar-refractivity contribution in [3.05, 3.63) is 0 Å². The molecule has 0 spiro atoms. The Balaban J connectivity index is 2.24. The van der Waals surface area contributed by atoms with Crippen molar-refractivity contribution in [3.63, 3.8) is 0 Å². The molecule has 20 heavy (non-hydrogen) atoms. The van der Waals surface area contributed by atoms with Crippen LogP contribution in [0.15, 0.2) is 0 Å². The maximum atomic E-state index is 5.88. The first-order valence-corrected chi connectivity index (χ1v) is 7.72. The molecular formula is C14H26N6. The van der Waals surface area contributed by atoms with Crippen LogP contribution in [0.1, 0.15) is 46.5 Å². The molecule has 1 aromatic rings. The van der Waals surface area contributed by atoms with E-state index in [0.29, 0.717) is 17.9 Å². The Morgan fingerprint density at radius 1 is 1.05 bits per heavy atom. The molecule has 2 rings (SSSR count). The second-order valence-electron chi connectivity index (χ2n) is 5.24. The molecule has 1 saturated carbocycles. The summed E-state index contributed by atoms with van der Waals surface area (Å²) in [5.41, 5.74) is 5.88. The van der Waals surface area contributed by atoms with Gasteiger partial charge in [-0.15, -0.1) is 0 Å². The first-order valence-electron chi connectivity index (χ1n) is 7.72. The van der Waals surface area contributed by atoms with E-state index in [4.69, 9.17) is 5.73 Å². The van der Waals surface area contributed by atoms with Gasteiger partial charge in [0.2, 0.25) is 17.8 Å². The zero-order chi connectivity index (χ0) is 14.5. The fourth-order valence-corrected chi connectivity index (χ4v) is 2.31. The molecule has 0 amide bonds. The van der Waals surface area contributed by atoms with Gasteiger partial charge in [-0.25, -0.2) is 0 Å². The highest BCUT2D eigenvalue weighted by Crippen LogP contribution is 2.30. The normalized spacial score (nSPS) is 14.3. The number of unbranched alkanes of at least 4 members (excludes halogenated alkanes) is 1. The molecule has 6 nitrogen and oxygen atoms in total. The van der Waals surface area contributed by atoms with Crippen LogP contribution >= 0.6 is 0 Å². The van der Waals surface area contributed by atoms with Gasteiger partial charge in [0.15, 0.2) is 0 Å². The Kier molecular flexibility index (Phi) is 4.98. The summed E-state index contributed by atoms with van der Waals surface area (Å²) in [7, 11) is 0. The first kappa shape index (κ1) is 14.8. The quantitative estimate of drug-likeness (QED) is 0.785. The average Bonchev–Trinajstić information content (AvgIpc) is 3.25. The lowest BCUT2D eigenvalue weighted by atomic mass is 10.3. The SMILES string of the molecule is CCCCN(c1nc(N)nc(N(CC)CC)n1)C1CC1. The van der Waals surface area contributed by atoms with Crippen molar-refractivity contribution in [2.45, 2.75) is 52.5 Å². The van der Waals surface area contributed by atoms with Crippen LogP contribution in [-0.4, -0.2) is 40.6 Å². The summed E-state index contributed by atoms with van der Waals surface area (Å²) in [6, 6.07) is 0.591. The van der Waals surface area contributed by atoms with Crippen LogP contribution < -0.4 is 15.5 Å². The van der Waals surface area contributed by atoms with Crippen LogP contribution in [0.3, 0.4) is 0 Å². The average molecular weight is 278 g/mol. The van der Waals surface area contributed by atoms with Crippen LogP contribution in [0, 0.1) is 0 Å². The number of nitrogens with zero attached hydrogens (tertiary/aromatic N) is 5. The molecular weight excluding hydrogens is 252 g/mol. The van der Waals surface area contributed by atoms with Gasteiger partial charge >= 0.3 is 0 Å². The predicted octanol–water partition coefficient (Wildman–Crippen LogP) is 2.07. The predicted molar refractivity (Wildman–Crippen MR) is 83.1 cm³/mol. The number of hydrogen-bond acceptors (Lipinski definition) is 6. The minimum absolute atomic E-state index is 0.319. The molecule has 0 radical (unpaired) electrons. The molecule has 1 aliphatic rings. The smallest absolute Gasteiger partial charge is 0.232 e. The van der Waals surface area contributed by atoms with Gasteiger partial charge in [0.25, 0.3) is 0 Å². The second-order valence-corrected chi connectivity index (χ2v) is 5.24. The van der Waals surface area contributed by atoms with Crippen molar-refractivity contribution in [3.8, 4) is 0 Å². The highest BCUT2D eigenvalue weighted by molar-refractivity contribution is 5.45. The minimum atomic E-state index is 0.319. The van der Waals surface area contributed by atoms with E-state index in [2.05, 4.69) is 45.5 Å². The van der Waals surface area contributed by atoms with Crippen LogP contribution in [-0.2, 0) is 0 Å². The summed E-state index contributed by atoms with van der Waals surface area (Å²) in [6.07, 6.45) is 4.79. The van der Waals surface area contributed by atoms with Crippen LogP contribution in [0.4, 0.5) is 17.8 Å². The number of hydrogen-bond donors (Lipinski definition) is 1. The highest BCUT2D eigenvalue weighted by Gasteiger charge is 2.31. The molecule has 0 aromatic carbocycles. The third-order valence-electron chi connectivity index (χ3n) is 3.67. The molecule has 1 aromatic heterocycles. The van der Waals surface area contributed by atoms with Crippen molar-refractivity contribution in [2.24, 2.45) is 0 Å². The highest BCUT2D eigenvalue weighted by atomic mass is 15.4. The number of nitrogen functional groups attached to an aromatic ring is 1. The lowest BCUT2D eigenvalue weighted by molar-refractivity contribution is 0.689. The van der Waals surface area contributed by atoms with Gasteiger partial charge in [0.05, 0.1) is 0 Å². The Morgan fingerprint density at radius 2 is 1.70 bits per heavy atom. The fourth-order valence-electron chi connectivity index (χ4n) is 2.31. The Hall–Kier alpha value is -1.59. The first-order chi connectivity index (χ1) is 9.69. The lowest BCUT2D eigenvalue weighted by Gasteiger charge is -2.24. The van der Waals surface area contributed by atoms with Gasteiger partial charge in [0.1, 0.15) is 0 Å². The van der Waals surface area contributed by atoms with Gasteiger partial charge in [0, 0.05) is 25.7 Å². The molecule has 112 valence electrons. The summed E-state index contributed by atoms with van der Waals surface area (Å²) in [6.45, 7) is 9.14. The van der Waals surface area contributed by atoms with Crippen molar-refractivity contribution < 1.29 is 0 Å². The summed E-state index contributed by atoms with van der Waals surface area (Å²) in [4.78, 5) is 17.7. The third kappa shape index (κ3) is 3.49. The standard InChI is InChI=1S/C14H26N6/c1-4-7-10-20(11-8-9-11)14-17-12(15)16-13(18-14)19(5-2)6-3/h11H,4-10H2,1-3H3,(H2,15,16,17,18). The summed E-state index contributed by atoms with van der Waals surface area (Å²) in [5, 5.41) is 0. The number of aromatic nitrogens is 3. The topological polar surface area (TPSA) is 71.2 Å². The van der Waals surface area contributed by atoms with E-state index in [-0.39, 0.29) is 0 Å².